The Labute approximate surface area is 142 Å². The van der Waals surface area contributed by atoms with Gasteiger partial charge in [0.1, 0.15) is 11.6 Å². The van der Waals surface area contributed by atoms with Gasteiger partial charge in [0.15, 0.2) is 11.2 Å². The third kappa shape index (κ3) is 3.12. The molecule has 25 heavy (non-hydrogen) atoms. The normalized spacial score (nSPS) is 11.3. The first kappa shape index (κ1) is 17.1. The molecule has 0 aliphatic heterocycles. The van der Waals surface area contributed by atoms with Crippen LogP contribution in [0.5, 0.6) is 0 Å². The number of rotatable bonds is 6. The standard InChI is InChI=1S/C17H19FN4O3/c1-3-8-22-15-13(16(23)20-17(22)24)21(9-10-25-2)14(19-15)11-4-6-12(18)7-5-11/h4-7H,3,8-10H2,1-2H3,(H,20,23,24). The van der Waals surface area contributed by atoms with Gasteiger partial charge in [-0.25, -0.2) is 14.2 Å². The molecule has 7 nitrogen and oxygen atoms in total. The number of aryl methyl sites for hydroxylation is 1. The molecule has 2 heterocycles. The first-order chi connectivity index (χ1) is 12.1. The Bertz CT molecular complexity index is 1000. The lowest BCUT2D eigenvalue weighted by molar-refractivity contribution is 0.188. The molecule has 8 heteroatoms. The summed E-state index contributed by atoms with van der Waals surface area (Å²) in [5.41, 5.74) is 0.310. The van der Waals surface area contributed by atoms with Crippen molar-refractivity contribution in [3.63, 3.8) is 0 Å². The van der Waals surface area contributed by atoms with Crippen molar-refractivity contribution in [1.82, 2.24) is 19.1 Å². The van der Waals surface area contributed by atoms with Gasteiger partial charge < -0.3 is 9.30 Å². The summed E-state index contributed by atoms with van der Waals surface area (Å²) < 4.78 is 21.5. The molecule has 1 N–H and O–H groups in total. The van der Waals surface area contributed by atoms with Gasteiger partial charge in [-0.05, 0) is 30.7 Å². The van der Waals surface area contributed by atoms with Gasteiger partial charge in [-0.1, -0.05) is 6.92 Å². The second-order valence-electron chi connectivity index (χ2n) is 5.67. The summed E-state index contributed by atoms with van der Waals surface area (Å²) in [7, 11) is 1.56. The molecule has 0 amide bonds. The van der Waals surface area contributed by atoms with Gasteiger partial charge >= 0.3 is 5.69 Å². The quantitative estimate of drug-likeness (QED) is 0.737. The molecular formula is C17H19FN4O3. The van der Waals surface area contributed by atoms with Gasteiger partial charge in [0, 0.05) is 25.8 Å². The summed E-state index contributed by atoms with van der Waals surface area (Å²) >= 11 is 0. The molecule has 132 valence electrons. The highest BCUT2D eigenvalue weighted by Crippen LogP contribution is 2.23. The predicted octanol–water partition coefficient (Wildman–Crippen LogP) is 1.75. The largest absolute Gasteiger partial charge is 0.383 e. The van der Waals surface area contributed by atoms with Crippen molar-refractivity contribution in [1.29, 1.82) is 0 Å². The smallest absolute Gasteiger partial charge is 0.330 e. The number of H-pyrrole nitrogens is 1. The zero-order chi connectivity index (χ0) is 18.0. The molecule has 2 aromatic heterocycles. The van der Waals surface area contributed by atoms with Crippen LogP contribution in [0.4, 0.5) is 4.39 Å². The molecule has 0 aliphatic carbocycles. The highest BCUT2D eigenvalue weighted by molar-refractivity contribution is 5.77. The molecule has 3 rings (SSSR count). The second kappa shape index (κ2) is 7.02. The van der Waals surface area contributed by atoms with Crippen LogP contribution in [-0.4, -0.2) is 32.8 Å². The minimum Gasteiger partial charge on any atom is -0.383 e. The maximum atomic E-state index is 13.2. The molecule has 0 bridgehead atoms. The Hall–Kier alpha value is -2.74. The van der Waals surface area contributed by atoms with E-state index >= 15 is 0 Å². The van der Waals surface area contributed by atoms with E-state index in [1.165, 1.54) is 16.7 Å². The molecule has 0 fully saturated rings. The molecule has 0 unspecified atom stereocenters. The average Bonchev–Trinajstić information content (AvgIpc) is 2.97. The number of benzene rings is 1. The van der Waals surface area contributed by atoms with E-state index in [9.17, 15) is 14.0 Å². The molecule has 0 saturated heterocycles. The van der Waals surface area contributed by atoms with E-state index in [2.05, 4.69) is 9.97 Å². The molecule has 0 atom stereocenters. The van der Waals surface area contributed by atoms with Crippen LogP contribution in [0, 0.1) is 5.82 Å². The van der Waals surface area contributed by atoms with E-state index in [4.69, 9.17) is 4.74 Å². The van der Waals surface area contributed by atoms with Crippen LogP contribution in [0.1, 0.15) is 13.3 Å². The SMILES string of the molecule is CCCn1c(=O)[nH]c(=O)c2c1nc(-c1ccc(F)cc1)n2CCOC. The lowest BCUT2D eigenvalue weighted by atomic mass is 10.2. The zero-order valence-corrected chi connectivity index (χ0v) is 14.1. The first-order valence-corrected chi connectivity index (χ1v) is 8.05. The fraction of sp³-hybridized carbons (Fsp3) is 0.353. The minimum absolute atomic E-state index is 0.310. The van der Waals surface area contributed by atoms with Crippen molar-refractivity contribution in [3.8, 4) is 11.4 Å². The Balaban J connectivity index is 2.33. The van der Waals surface area contributed by atoms with Crippen LogP contribution in [-0.2, 0) is 17.8 Å². The van der Waals surface area contributed by atoms with Crippen molar-refractivity contribution in [2.75, 3.05) is 13.7 Å². The number of imidazole rings is 1. The van der Waals surface area contributed by atoms with Crippen molar-refractivity contribution in [2.45, 2.75) is 26.4 Å². The van der Waals surface area contributed by atoms with Crippen LogP contribution in [0.3, 0.4) is 0 Å². The number of aromatic nitrogens is 4. The zero-order valence-electron chi connectivity index (χ0n) is 14.1. The van der Waals surface area contributed by atoms with Crippen LogP contribution in [0.15, 0.2) is 33.9 Å². The number of hydrogen-bond acceptors (Lipinski definition) is 4. The highest BCUT2D eigenvalue weighted by atomic mass is 19.1. The van der Waals surface area contributed by atoms with Crippen LogP contribution >= 0.6 is 0 Å². The number of fused-ring (bicyclic) bond motifs is 1. The van der Waals surface area contributed by atoms with E-state index in [0.29, 0.717) is 42.2 Å². The molecule has 0 spiro atoms. The van der Waals surface area contributed by atoms with E-state index < -0.39 is 11.2 Å². The highest BCUT2D eigenvalue weighted by Gasteiger charge is 2.19. The van der Waals surface area contributed by atoms with Crippen LogP contribution < -0.4 is 11.2 Å². The summed E-state index contributed by atoms with van der Waals surface area (Å²) in [4.78, 5) is 31.4. The third-order valence-corrected chi connectivity index (χ3v) is 3.95. The van der Waals surface area contributed by atoms with Crippen LogP contribution in [0.25, 0.3) is 22.6 Å². The Morgan fingerprint density at radius 2 is 1.88 bits per heavy atom. The van der Waals surface area contributed by atoms with E-state index in [1.54, 1.807) is 23.8 Å². The summed E-state index contributed by atoms with van der Waals surface area (Å²) in [6.45, 7) is 3.13. The number of halogens is 1. The number of aromatic amines is 1. The number of ether oxygens (including phenoxy) is 1. The van der Waals surface area contributed by atoms with Crippen molar-refractivity contribution < 1.29 is 9.13 Å². The van der Waals surface area contributed by atoms with Gasteiger partial charge in [0.2, 0.25) is 0 Å². The van der Waals surface area contributed by atoms with Gasteiger partial charge in [-0.15, -0.1) is 0 Å². The Morgan fingerprint density at radius 3 is 2.52 bits per heavy atom. The monoisotopic (exact) mass is 346 g/mol. The average molecular weight is 346 g/mol. The lowest BCUT2D eigenvalue weighted by Gasteiger charge is -2.08. The second-order valence-corrected chi connectivity index (χ2v) is 5.67. The van der Waals surface area contributed by atoms with Gasteiger partial charge in [-0.3, -0.25) is 14.3 Å². The van der Waals surface area contributed by atoms with Gasteiger partial charge in [0.25, 0.3) is 5.56 Å². The fourth-order valence-corrected chi connectivity index (χ4v) is 2.82. The predicted molar refractivity (Wildman–Crippen MR) is 92.2 cm³/mol. The van der Waals surface area contributed by atoms with Crippen molar-refractivity contribution >= 4 is 11.2 Å². The number of hydrogen-bond donors (Lipinski definition) is 1. The summed E-state index contributed by atoms with van der Waals surface area (Å²) in [5.74, 6) is 0.136. The summed E-state index contributed by atoms with van der Waals surface area (Å²) in [6, 6.07) is 5.85. The Morgan fingerprint density at radius 1 is 1.16 bits per heavy atom. The first-order valence-electron chi connectivity index (χ1n) is 8.05. The number of nitrogens with zero attached hydrogens (tertiary/aromatic N) is 3. The summed E-state index contributed by atoms with van der Waals surface area (Å²) in [6.07, 6.45) is 0.720. The molecule has 0 aliphatic rings. The molecule has 3 aromatic rings. The van der Waals surface area contributed by atoms with E-state index in [-0.39, 0.29) is 5.82 Å². The number of methoxy groups -OCH3 is 1. The minimum atomic E-state index is -0.496. The van der Waals surface area contributed by atoms with Crippen molar-refractivity contribution in [2.24, 2.45) is 0 Å². The third-order valence-electron chi connectivity index (χ3n) is 3.95. The van der Waals surface area contributed by atoms with E-state index in [0.717, 1.165) is 6.42 Å². The molecule has 0 saturated carbocycles. The number of nitrogens with one attached hydrogen (secondary N) is 1. The summed E-state index contributed by atoms with van der Waals surface area (Å²) in [5, 5.41) is 0. The molecule has 1 aromatic carbocycles. The molecular weight excluding hydrogens is 327 g/mol. The van der Waals surface area contributed by atoms with Gasteiger partial charge in [-0.2, -0.15) is 0 Å². The van der Waals surface area contributed by atoms with Crippen LogP contribution in [0.2, 0.25) is 0 Å². The Kier molecular flexibility index (Phi) is 4.80. The maximum absolute atomic E-state index is 13.2. The molecule has 0 radical (unpaired) electrons. The topological polar surface area (TPSA) is 81.9 Å². The lowest BCUT2D eigenvalue weighted by Crippen LogP contribution is -2.31. The van der Waals surface area contributed by atoms with Crippen molar-refractivity contribution in [3.05, 3.63) is 50.9 Å². The van der Waals surface area contributed by atoms with E-state index in [1.807, 2.05) is 6.92 Å². The van der Waals surface area contributed by atoms with Gasteiger partial charge in [0.05, 0.1) is 6.61 Å². The maximum Gasteiger partial charge on any atom is 0.330 e. The fourth-order valence-electron chi connectivity index (χ4n) is 2.82.